The number of carbonyl (C=O) groups is 3. The molecule has 0 aromatic rings. The molecule has 0 spiro atoms. The number of amides is 2. The number of carboxylic acid groups (broad SMARTS) is 1. The first-order valence-corrected chi connectivity index (χ1v) is 5.77. The number of thiol groups is 1. The highest BCUT2D eigenvalue weighted by Crippen LogP contribution is 1.92. The number of aliphatic carboxylic acids is 1. The van der Waals surface area contributed by atoms with Crippen molar-refractivity contribution in [2.45, 2.75) is 25.0 Å². The first-order valence-electron chi connectivity index (χ1n) is 5.14. The Balaban J connectivity index is 4.45. The predicted octanol–water partition coefficient (Wildman–Crippen LogP) is -2.69. The Labute approximate surface area is 109 Å². The molecule has 3 atom stereocenters. The van der Waals surface area contributed by atoms with E-state index in [1.807, 2.05) is 0 Å². The molecule has 0 saturated carbocycles. The van der Waals surface area contributed by atoms with Crippen LogP contribution in [0, 0.1) is 0 Å². The summed E-state index contributed by atoms with van der Waals surface area (Å²) in [5, 5.41) is 21.7. The lowest BCUT2D eigenvalue weighted by molar-refractivity contribution is -0.141. The fourth-order valence-corrected chi connectivity index (χ4v) is 1.19. The number of nitrogens with two attached hydrogens (primary N) is 1. The summed E-state index contributed by atoms with van der Waals surface area (Å²) in [4.78, 5) is 33.5. The van der Waals surface area contributed by atoms with Crippen LogP contribution in [0.2, 0.25) is 0 Å². The molecule has 0 bridgehead atoms. The van der Waals surface area contributed by atoms with Crippen molar-refractivity contribution in [2.75, 3.05) is 12.4 Å². The highest BCUT2D eigenvalue weighted by Gasteiger charge is 2.24. The topological polar surface area (TPSA) is 142 Å². The summed E-state index contributed by atoms with van der Waals surface area (Å²) in [5.74, 6) is -2.62. The van der Waals surface area contributed by atoms with Crippen LogP contribution in [-0.2, 0) is 14.4 Å². The molecule has 0 saturated heterocycles. The highest BCUT2D eigenvalue weighted by molar-refractivity contribution is 7.80. The molecular formula is C9H17N3O5S. The first kappa shape index (κ1) is 16.7. The largest absolute Gasteiger partial charge is 0.480 e. The van der Waals surface area contributed by atoms with Crippen LogP contribution in [0.1, 0.15) is 6.92 Å². The molecule has 2 amide bonds. The lowest BCUT2D eigenvalue weighted by atomic mass is 10.2. The number of aliphatic hydroxyl groups excluding tert-OH is 1. The number of aliphatic hydroxyl groups is 1. The van der Waals surface area contributed by atoms with Gasteiger partial charge in [-0.05, 0) is 6.92 Å². The van der Waals surface area contributed by atoms with Gasteiger partial charge < -0.3 is 26.6 Å². The van der Waals surface area contributed by atoms with E-state index in [0.29, 0.717) is 0 Å². The molecule has 0 aromatic heterocycles. The molecule has 18 heavy (non-hydrogen) atoms. The SMILES string of the molecule is CC(NC(=O)C(CS)NC(=O)C(N)CO)C(=O)O. The Morgan fingerprint density at radius 1 is 1.28 bits per heavy atom. The van der Waals surface area contributed by atoms with E-state index in [4.69, 9.17) is 15.9 Å². The lowest BCUT2D eigenvalue weighted by Gasteiger charge is -2.19. The Morgan fingerprint density at radius 3 is 2.22 bits per heavy atom. The summed E-state index contributed by atoms with van der Waals surface area (Å²) in [6, 6.07) is -3.24. The molecule has 3 unspecified atom stereocenters. The second-order valence-electron chi connectivity index (χ2n) is 3.60. The van der Waals surface area contributed by atoms with Crippen LogP contribution in [0.4, 0.5) is 0 Å². The van der Waals surface area contributed by atoms with Gasteiger partial charge in [0.15, 0.2) is 0 Å². The average Bonchev–Trinajstić information content (AvgIpc) is 2.33. The van der Waals surface area contributed by atoms with E-state index in [2.05, 4.69) is 23.3 Å². The third-order valence-corrected chi connectivity index (χ3v) is 2.44. The van der Waals surface area contributed by atoms with Crippen LogP contribution < -0.4 is 16.4 Å². The standard InChI is InChI=1S/C9H17N3O5S/c1-4(9(16)17)11-8(15)6(3-18)12-7(14)5(10)2-13/h4-6,13,18H,2-3,10H2,1H3,(H,11,15)(H,12,14)(H,16,17). The molecule has 104 valence electrons. The highest BCUT2D eigenvalue weighted by atomic mass is 32.1. The number of hydrogen-bond acceptors (Lipinski definition) is 6. The van der Waals surface area contributed by atoms with E-state index in [1.165, 1.54) is 6.92 Å². The van der Waals surface area contributed by atoms with Crippen molar-refractivity contribution >= 4 is 30.4 Å². The molecular weight excluding hydrogens is 262 g/mol. The van der Waals surface area contributed by atoms with Crippen LogP contribution in [0.5, 0.6) is 0 Å². The zero-order valence-corrected chi connectivity index (χ0v) is 10.7. The van der Waals surface area contributed by atoms with Gasteiger partial charge in [0.1, 0.15) is 18.1 Å². The minimum atomic E-state index is -1.19. The summed E-state index contributed by atoms with van der Waals surface area (Å²) in [7, 11) is 0. The van der Waals surface area contributed by atoms with Gasteiger partial charge in [-0.3, -0.25) is 14.4 Å². The molecule has 0 aliphatic heterocycles. The summed E-state index contributed by atoms with van der Waals surface area (Å²) >= 11 is 3.88. The fraction of sp³-hybridized carbons (Fsp3) is 0.667. The first-order chi connectivity index (χ1) is 8.33. The minimum absolute atomic E-state index is 0.0257. The van der Waals surface area contributed by atoms with Gasteiger partial charge in [0, 0.05) is 5.75 Å². The van der Waals surface area contributed by atoms with Crippen LogP contribution in [0.25, 0.3) is 0 Å². The maximum atomic E-state index is 11.6. The molecule has 0 aliphatic carbocycles. The maximum Gasteiger partial charge on any atom is 0.325 e. The van der Waals surface area contributed by atoms with Gasteiger partial charge in [-0.2, -0.15) is 12.6 Å². The zero-order valence-electron chi connectivity index (χ0n) is 9.79. The molecule has 8 nitrogen and oxygen atoms in total. The third-order valence-electron chi connectivity index (χ3n) is 2.08. The number of rotatable bonds is 7. The van der Waals surface area contributed by atoms with Crippen molar-refractivity contribution < 1.29 is 24.6 Å². The van der Waals surface area contributed by atoms with Crippen molar-refractivity contribution in [2.24, 2.45) is 5.73 Å². The monoisotopic (exact) mass is 279 g/mol. The van der Waals surface area contributed by atoms with Crippen molar-refractivity contribution in [3.05, 3.63) is 0 Å². The molecule has 0 rings (SSSR count). The summed E-state index contributed by atoms with van der Waals surface area (Å²) < 4.78 is 0. The molecule has 0 fully saturated rings. The summed E-state index contributed by atoms with van der Waals surface area (Å²) in [6.45, 7) is 0.732. The van der Waals surface area contributed by atoms with E-state index in [1.54, 1.807) is 0 Å². The lowest BCUT2D eigenvalue weighted by Crippen LogP contribution is -2.55. The molecule has 6 N–H and O–H groups in total. The molecule has 9 heteroatoms. The van der Waals surface area contributed by atoms with Crippen LogP contribution in [0.3, 0.4) is 0 Å². The molecule has 0 aromatic carbocycles. The number of hydrogen-bond donors (Lipinski definition) is 6. The van der Waals surface area contributed by atoms with Crippen LogP contribution >= 0.6 is 12.6 Å². The number of nitrogens with one attached hydrogen (secondary N) is 2. The number of carboxylic acids is 1. The van der Waals surface area contributed by atoms with E-state index >= 15 is 0 Å². The van der Waals surface area contributed by atoms with Gasteiger partial charge in [0.05, 0.1) is 6.61 Å². The van der Waals surface area contributed by atoms with Gasteiger partial charge in [-0.25, -0.2) is 0 Å². The predicted molar refractivity (Wildman–Crippen MR) is 66.1 cm³/mol. The minimum Gasteiger partial charge on any atom is -0.480 e. The zero-order chi connectivity index (χ0) is 14.3. The maximum absolute atomic E-state index is 11.6. The van der Waals surface area contributed by atoms with Gasteiger partial charge in [-0.15, -0.1) is 0 Å². The normalized spacial score (nSPS) is 15.3. The van der Waals surface area contributed by atoms with Gasteiger partial charge in [0.2, 0.25) is 11.8 Å². The molecule has 0 aliphatic rings. The molecule has 0 heterocycles. The Hall–Kier alpha value is -1.32. The molecule has 0 radical (unpaired) electrons. The van der Waals surface area contributed by atoms with Gasteiger partial charge in [0.25, 0.3) is 0 Å². The van der Waals surface area contributed by atoms with E-state index in [0.717, 1.165) is 0 Å². The fourth-order valence-electron chi connectivity index (χ4n) is 0.931. The quantitative estimate of drug-likeness (QED) is 0.280. The van der Waals surface area contributed by atoms with Gasteiger partial charge >= 0.3 is 5.97 Å². The Kier molecular flexibility index (Phi) is 7.32. The summed E-state index contributed by atoms with van der Waals surface area (Å²) in [6.07, 6.45) is 0. The van der Waals surface area contributed by atoms with Gasteiger partial charge in [-0.1, -0.05) is 0 Å². The Bertz CT molecular complexity index is 325. The second kappa shape index (κ2) is 7.90. The second-order valence-corrected chi connectivity index (χ2v) is 3.97. The van der Waals surface area contributed by atoms with E-state index < -0.39 is 42.5 Å². The van der Waals surface area contributed by atoms with Crippen molar-refractivity contribution in [3.63, 3.8) is 0 Å². The average molecular weight is 279 g/mol. The smallest absolute Gasteiger partial charge is 0.325 e. The Morgan fingerprint density at radius 2 is 1.83 bits per heavy atom. The van der Waals surface area contributed by atoms with E-state index in [-0.39, 0.29) is 5.75 Å². The van der Waals surface area contributed by atoms with Crippen LogP contribution in [0.15, 0.2) is 0 Å². The number of carbonyl (C=O) groups excluding carboxylic acids is 2. The van der Waals surface area contributed by atoms with Crippen LogP contribution in [-0.4, -0.2) is 58.5 Å². The van der Waals surface area contributed by atoms with Crippen molar-refractivity contribution in [1.82, 2.24) is 10.6 Å². The third kappa shape index (κ3) is 5.34. The van der Waals surface area contributed by atoms with Crippen molar-refractivity contribution in [1.29, 1.82) is 0 Å². The van der Waals surface area contributed by atoms with Crippen molar-refractivity contribution in [3.8, 4) is 0 Å². The summed E-state index contributed by atoms with van der Waals surface area (Å²) in [5.41, 5.74) is 5.26. The van der Waals surface area contributed by atoms with E-state index in [9.17, 15) is 14.4 Å².